The van der Waals surface area contributed by atoms with Crippen LogP contribution in [0.5, 0.6) is 0 Å². The van der Waals surface area contributed by atoms with Crippen LogP contribution in [-0.4, -0.2) is 16.4 Å². The van der Waals surface area contributed by atoms with E-state index in [-0.39, 0.29) is 0 Å². The second-order valence-corrected chi connectivity index (χ2v) is 5.14. The van der Waals surface area contributed by atoms with E-state index in [1.54, 1.807) is 5.71 Å². The molecule has 1 atom stereocenters. The number of rotatable bonds is 0. The molecule has 0 aromatic rings. The van der Waals surface area contributed by atoms with Crippen molar-refractivity contribution in [1.82, 2.24) is 0 Å². The number of hydrogen-bond donors (Lipinski definition) is 1. The Bertz CT molecular complexity index is 306. The lowest BCUT2D eigenvalue weighted by Gasteiger charge is -2.39. The van der Waals surface area contributed by atoms with E-state index < -0.39 is 0 Å². The Morgan fingerprint density at radius 2 is 1.83 bits per heavy atom. The molecule has 1 unspecified atom stereocenters. The van der Waals surface area contributed by atoms with Crippen molar-refractivity contribution in [2.75, 3.05) is 0 Å². The zero-order valence-corrected chi connectivity index (χ0v) is 7.34. The summed E-state index contributed by atoms with van der Waals surface area (Å²) in [6, 6.07) is 0.738. The van der Waals surface area contributed by atoms with E-state index in [4.69, 9.17) is 5.84 Å². The summed E-state index contributed by atoms with van der Waals surface area (Å²) in [7, 11) is 0. The summed E-state index contributed by atoms with van der Waals surface area (Å²) in [6.45, 7) is 0. The summed E-state index contributed by atoms with van der Waals surface area (Å²) in [5.74, 6) is 5.94. The van der Waals surface area contributed by atoms with Gasteiger partial charge >= 0.3 is 0 Å². The molecule has 0 amide bonds. The normalized spacial score (nSPS) is 59.2. The SMILES string of the molecule is N[N+]1=C2C1C13CCCC21CCC3. The van der Waals surface area contributed by atoms with E-state index in [1.807, 2.05) is 0 Å². The lowest BCUT2D eigenvalue weighted by atomic mass is 9.53. The maximum Gasteiger partial charge on any atom is 0.268 e. The number of hydrogen-bond acceptors (Lipinski definition) is 1. The van der Waals surface area contributed by atoms with E-state index in [0.717, 1.165) is 6.04 Å². The quantitative estimate of drug-likeness (QED) is 0.420. The fraction of sp³-hybridized carbons (Fsp3) is 0.900. The van der Waals surface area contributed by atoms with Crippen molar-refractivity contribution >= 4 is 5.71 Å². The second-order valence-electron chi connectivity index (χ2n) is 5.14. The number of hydrazine groups is 1. The molecule has 64 valence electrons. The minimum absolute atomic E-state index is 0.645. The molecule has 0 radical (unpaired) electrons. The molecule has 2 heteroatoms. The Morgan fingerprint density at radius 1 is 1.17 bits per heavy atom. The maximum atomic E-state index is 5.94. The third kappa shape index (κ3) is 0.315. The van der Waals surface area contributed by atoms with Gasteiger partial charge in [0.2, 0.25) is 0 Å². The topological polar surface area (TPSA) is 29.0 Å². The van der Waals surface area contributed by atoms with Crippen molar-refractivity contribution in [2.45, 2.75) is 44.6 Å². The van der Waals surface area contributed by atoms with Gasteiger partial charge < -0.3 is 0 Å². The van der Waals surface area contributed by atoms with Gasteiger partial charge in [-0.3, -0.25) is 0 Å². The van der Waals surface area contributed by atoms with Crippen LogP contribution in [0.4, 0.5) is 0 Å². The summed E-state index contributed by atoms with van der Waals surface area (Å²) in [4.78, 5) is 0. The molecular formula is C10H15N2+. The van der Waals surface area contributed by atoms with Gasteiger partial charge in [-0.25, -0.2) is 5.84 Å². The Hall–Kier alpha value is -0.530. The van der Waals surface area contributed by atoms with Crippen LogP contribution in [0.1, 0.15) is 38.5 Å². The Labute approximate surface area is 72.4 Å². The number of nitrogens with two attached hydrogens (primary N) is 1. The van der Waals surface area contributed by atoms with Gasteiger partial charge in [0.05, 0.1) is 10.8 Å². The average Bonchev–Trinajstić information content (AvgIpc) is 2.39. The molecule has 0 aromatic carbocycles. The van der Waals surface area contributed by atoms with Crippen LogP contribution in [0.25, 0.3) is 0 Å². The minimum atomic E-state index is 0.645. The first-order chi connectivity index (χ1) is 5.82. The first-order valence-corrected chi connectivity index (χ1v) is 5.23. The van der Waals surface area contributed by atoms with Crippen LogP contribution in [0.2, 0.25) is 0 Å². The first kappa shape index (κ1) is 6.01. The van der Waals surface area contributed by atoms with Crippen molar-refractivity contribution in [3.63, 3.8) is 0 Å². The molecule has 2 N–H and O–H groups in total. The van der Waals surface area contributed by atoms with Crippen LogP contribution < -0.4 is 5.84 Å². The van der Waals surface area contributed by atoms with Crippen molar-refractivity contribution in [3.8, 4) is 0 Å². The van der Waals surface area contributed by atoms with Crippen molar-refractivity contribution in [1.29, 1.82) is 0 Å². The zero-order valence-electron chi connectivity index (χ0n) is 7.34. The Morgan fingerprint density at radius 3 is 2.42 bits per heavy atom. The van der Waals surface area contributed by atoms with Crippen LogP contribution >= 0.6 is 0 Å². The van der Waals surface area contributed by atoms with Crippen LogP contribution in [-0.2, 0) is 0 Å². The van der Waals surface area contributed by atoms with E-state index >= 15 is 0 Å². The van der Waals surface area contributed by atoms with Crippen molar-refractivity contribution in [2.24, 2.45) is 16.7 Å². The third-order valence-electron chi connectivity index (χ3n) is 5.17. The Balaban J connectivity index is 1.94. The van der Waals surface area contributed by atoms with Gasteiger partial charge in [-0.1, -0.05) is 12.8 Å². The van der Waals surface area contributed by atoms with Gasteiger partial charge in [0.15, 0.2) is 0 Å². The molecule has 0 bridgehead atoms. The molecule has 12 heavy (non-hydrogen) atoms. The molecule has 4 aliphatic rings. The number of nitrogens with zero attached hydrogens (tertiary/aromatic N) is 1. The van der Waals surface area contributed by atoms with Gasteiger partial charge in [0.1, 0.15) is 0 Å². The maximum absolute atomic E-state index is 5.94. The summed E-state index contributed by atoms with van der Waals surface area (Å²) >= 11 is 0. The van der Waals surface area contributed by atoms with Crippen LogP contribution in [0.3, 0.4) is 0 Å². The van der Waals surface area contributed by atoms with Gasteiger partial charge in [0.25, 0.3) is 11.8 Å². The summed E-state index contributed by atoms with van der Waals surface area (Å²) in [5.41, 5.74) is 2.97. The standard InChI is InChI=1S/C10H15N2/c11-12-7-8(12)10-4-1-3-9(7,10)5-2-6-10/h7H,1-6,11H2/q+1. The van der Waals surface area contributed by atoms with Crippen molar-refractivity contribution < 1.29 is 4.68 Å². The highest BCUT2D eigenvalue weighted by Crippen LogP contribution is 2.76. The van der Waals surface area contributed by atoms with Gasteiger partial charge in [0, 0.05) is 0 Å². The predicted octanol–water partition coefficient (Wildman–Crippen LogP) is 1.05. The average molecular weight is 163 g/mol. The largest absolute Gasteiger partial charge is 0.268 e. The zero-order chi connectivity index (χ0) is 7.97. The molecular weight excluding hydrogens is 148 g/mol. The number of fused-ring (bicyclic) bond motifs is 1. The van der Waals surface area contributed by atoms with Gasteiger partial charge in [-0.05, 0) is 25.7 Å². The van der Waals surface area contributed by atoms with E-state index in [9.17, 15) is 0 Å². The van der Waals surface area contributed by atoms with Gasteiger partial charge in [-0.15, -0.1) is 4.68 Å². The van der Waals surface area contributed by atoms with Gasteiger partial charge in [-0.2, -0.15) is 0 Å². The summed E-state index contributed by atoms with van der Waals surface area (Å²) in [6.07, 6.45) is 8.77. The smallest absolute Gasteiger partial charge is 0.210 e. The molecule has 0 aromatic heterocycles. The molecule has 2 nitrogen and oxygen atoms in total. The first-order valence-electron chi connectivity index (χ1n) is 5.23. The molecule has 0 saturated heterocycles. The van der Waals surface area contributed by atoms with Crippen molar-refractivity contribution in [3.05, 3.63) is 0 Å². The molecule has 1 aliphatic heterocycles. The van der Waals surface area contributed by atoms with E-state index in [1.165, 1.54) is 38.5 Å². The molecule has 3 saturated carbocycles. The third-order valence-corrected chi connectivity index (χ3v) is 5.17. The lowest BCUT2D eigenvalue weighted by Crippen LogP contribution is -2.54. The van der Waals surface area contributed by atoms with E-state index in [2.05, 4.69) is 4.68 Å². The molecule has 3 fully saturated rings. The molecule has 3 aliphatic carbocycles. The van der Waals surface area contributed by atoms with Crippen LogP contribution in [0, 0.1) is 10.8 Å². The fourth-order valence-electron chi connectivity index (χ4n) is 4.85. The molecule has 1 heterocycles. The summed E-state index contributed by atoms with van der Waals surface area (Å²) < 4.78 is 2.08. The van der Waals surface area contributed by atoms with Crippen LogP contribution in [0.15, 0.2) is 0 Å². The molecule has 4 rings (SSSR count). The highest BCUT2D eigenvalue weighted by molar-refractivity contribution is 6.06. The Kier molecular flexibility index (Phi) is 0.671. The fourth-order valence-corrected chi connectivity index (χ4v) is 4.85. The predicted molar refractivity (Wildman–Crippen MR) is 45.8 cm³/mol. The second kappa shape index (κ2) is 1.34. The monoisotopic (exact) mass is 163 g/mol. The summed E-state index contributed by atoms with van der Waals surface area (Å²) in [5, 5.41) is 0. The molecule has 0 spiro atoms. The van der Waals surface area contributed by atoms with E-state index in [0.29, 0.717) is 10.8 Å². The minimum Gasteiger partial charge on any atom is -0.210 e. The highest BCUT2D eigenvalue weighted by atomic mass is 15.5. The highest BCUT2D eigenvalue weighted by Gasteiger charge is 2.89. The lowest BCUT2D eigenvalue weighted by molar-refractivity contribution is -0.492. The number of hydrazone groups is 1.